The van der Waals surface area contributed by atoms with E-state index in [0.717, 1.165) is 0 Å². The molecule has 1 heterocycles. The van der Waals surface area contributed by atoms with E-state index in [4.69, 9.17) is 0 Å². The molecule has 2 amide bonds. The first-order valence-corrected chi connectivity index (χ1v) is 6.50. The maximum atomic E-state index is 11.2. The first-order valence-electron chi connectivity index (χ1n) is 4.68. The molecule has 0 aliphatic carbocycles. The number of hydrogen-bond donors (Lipinski definition) is 1. The van der Waals surface area contributed by atoms with Crippen molar-refractivity contribution in [2.45, 2.75) is 6.92 Å². The molecule has 86 valence electrons. The van der Waals surface area contributed by atoms with Crippen LogP contribution >= 0.6 is 0 Å². The van der Waals surface area contributed by atoms with Crippen molar-refractivity contribution in [1.82, 2.24) is 10.2 Å². The van der Waals surface area contributed by atoms with Gasteiger partial charge in [-0.3, -0.25) is 19.8 Å². The van der Waals surface area contributed by atoms with Gasteiger partial charge in [0.1, 0.15) is 0 Å². The summed E-state index contributed by atoms with van der Waals surface area (Å²) < 4.78 is 22.4. The molecular formula is C8H14N2O4S. The fourth-order valence-electron chi connectivity index (χ4n) is 1.27. The highest BCUT2D eigenvalue weighted by Gasteiger charge is 2.23. The molecule has 0 radical (unpaired) electrons. The van der Waals surface area contributed by atoms with Crippen LogP contribution in [0.5, 0.6) is 0 Å². The molecule has 1 rings (SSSR count). The van der Waals surface area contributed by atoms with Gasteiger partial charge in [-0.2, -0.15) is 0 Å². The van der Waals surface area contributed by atoms with Crippen LogP contribution in [0.4, 0.5) is 0 Å². The third kappa shape index (κ3) is 3.96. The van der Waals surface area contributed by atoms with Gasteiger partial charge in [-0.15, -0.1) is 0 Å². The van der Waals surface area contributed by atoms with Gasteiger partial charge in [0, 0.05) is 12.3 Å². The van der Waals surface area contributed by atoms with E-state index < -0.39 is 9.84 Å². The first-order chi connectivity index (χ1) is 6.93. The van der Waals surface area contributed by atoms with Crippen molar-refractivity contribution in [3.8, 4) is 0 Å². The molecule has 1 fully saturated rings. The zero-order chi connectivity index (χ0) is 11.5. The van der Waals surface area contributed by atoms with E-state index in [1.54, 1.807) is 6.92 Å². The van der Waals surface area contributed by atoms with Crippen LogP contribution in [0.25, 0.3) is 0 Å². The normalized spacial score (nSPS) is 19.0. The lowest BCUT2D eigenvalue weighted by molar-refractivity contribution is -0.135. The molecule has 1 aliphatic heterocycles. The van der Waals surface area contributed by atoms with Crippen molar-refractivity contribution >= 4 is 21.7 Å². The average Bonchev–Trinajstić information content (AvgIpc) is 2.14. The smallest absolute Gasteiger partial charge is 0.240 e. The fraction of sp³-hybridized carbons (Fsp3) is 0.750. The Morgan fingerprint density at radius 1 is 1.27 bits per heavy atom. The van der Waals surface area contributed by atoms with Crippen LogP contribution in [0.1, 0.15) is 6.92 Å². The largest absolute Gasteiger partial charge is 0.294 e. The van der Waals surface area contributed by atoms with E-state index in [2.05, 4.69) is 5.32 Å². The minimum Gasteiger partial charge on any atom is -0.294 e. The summed E-state index contributed by atoms with van der Waals surface area (Å²) in [6, 6.07) is 0. The zero-order valence-electron chi connectivity index (χ0n) is 8.52. The summed E-state index contributed by atoms with van der Waals surface area (Å²) in [6.07, 6.45) is 0. The minimum atomic E-state index is -3.04. The van der Waals surface area contributed by atoms with E-state index in [-0.39, 0.29) is 43.0 Å². The molecule has 7 heteroatoms. The zero-order valence-corrected chi connectivity index (χ0v) is 9.34. The second kappa shape index (κ2) is 4.71. The van der Waals surface area contributed by atoms with Gasteiger partial charge in [0.05, 0.1) is 18.8 Å². The number of sulfone groups is 1. The number of nitrogens with zero attached hydrogens (tertiary/aromatic N) is 1. The summed E-state index contributed by atoms with van der Waals surface area (Å²) in [5, 5.41) is 2.15. The second-order valence-electron chi connectivity index (χ2n) is 3.42. The van der Waals surface area contributed by atoms with Crippen LogP contribution in [0.15, 0.2) is 0 Å². The SMILES string of the molecule is CCS(=O)(=O)CCN1CC(=O)NC(=O)C1. The quantitative estimate of drug-likeness (QED) is 0.591. The van der Waals surface area contributed by atoms with Crippen molar-refractivity contribution in [2.75, 3.05) is 31.1 Å². The molecule has 0 aromatic rings. The lowest BCUT2D eigenvalue weighted by atomic mass is 10.3. The van der Waals surface area contributed by atoms with Crippen molar-refractivity contribution in [1.29, 1.82) is 0 Å². The van der Waals surface area contributed by atoms with Gasteiger partial charge in [0.2, 0.25) is 11.8 Å². The monoisotopic (exact) mass is 234 g/mol. The van der Waals surface area contributed by atoms with E-state index in [0.29, 0.717) is 0 Å². The molecule has 1 N–H and O–H groups in total. The van der Waals surface area contributed by atoms with Crippen molar-refractivity contribution in [3.63, 3.8) is 0 Å². The van der Waals surface area contributed by atoms with E-state index in [1.165, 1.54) is 4.90 Å². The standard InChI is InChI=1S/C8H14N2O4S/c1-2-15(13,14)4-3-10-5-7(11)9-8(12)6-10/h2-6H2,1H3,(H,9,11,12). The third-order valence-corrected chi connectivity index (χ3v) is 3.86. The highest BCUT2D eigenvalue weighted by Crippen LogP contribution is 1.97. The maximum absolute atomic E-state index is 11.2. The van der Waals surface area contributed by atoms with Gasteiger partial charge in [-0.05, 0) is 0 Å². The van der Waals surface area contributed by atoms with Crippen molar-refractivity contribution in [2.24, 2.45) is 0 Å². The van der Waals surface area contributed by atoms with Gasteiger partial charge in [-0.25, -0.2) is 8.42 Å². The number of carbonyl (C=O) groups is 2. The highest BCUT2D eigenvalue weighted by atomic mass is 32.2. The number of piperazine rings is 1. The summed E-state index contributed by atoms with van der Waals surface area (Å²) in [6.45, 7) is 1.98. The maximum Gasteiger partial charge on any atom is 0.240 e. The predicted octanol–water partition coefficient (Wildman–Crippen LogP) is -1.62. The van der Waals surface area contributed by atoms with Gasteiger partial charge in [0.15, 0.2) is 9.84 Å². The Bertz CT molecular complexity index is 347. The minimum absolute atomic E-state index is 0.00986. The molecule has 15 heavy (non-hydrogen) atoms. The lowest BCUT2D eigenvalue weighted by Gasteiger charge is -2.24. The van der Waals surface area contributed by atoms with Crippen LogP contribution < -0.4 is 5.32 Å². The Morgan fingerprint density at radius 2 is 1.80 bits per heavy atom. The molecule has 1 aliphatic rings. The number of carbonyl (C=O) groups excluding carboxylic acids is 2. The van der Waals surface area contributed by atoms with E-state index >= 15 is 0 Å². The molecule has 0 aromatic carbocycles. The summed E-state index contributed by atoms with van der Waals surface area (Å²) in [4.78, 5) is 23.4. The summed E-state index contributed by atoms with van der Waals surface area (Å²) in [7, 11) is -3.04. The van der Waals surface area contributed by atoms with Crippen LogP contribution in [0.3, 0.4) is 0 Å². The fourth-order valence-corrected chi connectivity index (χ4v) is 2.09. The molecule has 0 unspecified atom stereocenters. The van der Waals surface area contributed by atoms with Crippen molar-refractivity contribution in [3.05, 3.63) is 0 Å². The molecule has 1 saturated heterocycles. The Morgan fingerprint density at radius 3 is 2.27 bits per heavy atom. The van der Waals surface area contributed by atoms with Gasteiger partial charge >= 0.3 is 0 Å². The Kier molecular flexibility index (Phi) is 3.81. The second-order valence-corrected chi connectivity index (χ2v) is 5.89. The Hall–Kier alpha value is -0.950. The first kappa shape index (κ1) is 12.1. The number of rotatable bonds is 4. The van der Waals surface area contributed by atoms with E-state index in [9.17, 15) is 18.0 Å². The Labute approximate surface area is 88.5 Å². The molecule has 6 nitrogen and oxygen atoms in total. The third-order valence-electron chi connectivity index (χ3n) is 2.17. The number of nitrogens with one attached hydrogen (secondary N) is 1. The van der Waals surface area contributed by atoms with Gasteiger partial charge in [0.25, 0.3) is 0 Å². The van der Waals surface area contributed by atoms with Crippen LogP contribution in [-0.4, -0.2) is 56.3 Å². The van der Waals surface area contributed by atoms with Crippen molar-refractivity contribution < 1.29 is 18.0 Å². The van der Waals surface area contributed by atoms with Crippen LogP contribution in [-0.2, 0) is 19.4 Å². The molecule has 0 atom stereocenters. The van der Waals surface area contributed by atoms with Gasteiger partial charge < -0.3 is 0 Å². The topological polar surface area (TPSA) is 83.6 Å². The van der Waals surface area contributed by atoms with Gasteiger partial charge in [-0.1, -0.05) is 6.92 Å². The van der Waals surface area contributed by atoms with Crippen LogP contribution in [0.2, 0.25) is 0 Å². The summed E-state index contributed by atoms with van der Waals surface area (Å²) in [5.41, 5.74) is 0. The van der Waals surface area contributed by atoms with Crippen LogP contribution in [0, 0.1) is 0 Å². The molecule has 0 saturated carbocycles. The molecule has 0 aromatic heterocycles. The summed E-state index contributed by atoms with van der Waals surface area (Å²) >= 11 is 0. The molecular weight excluding hydrogens is 220 g/mol. The number of amides is 2. The number of hydrogen-bond acceptors (Lipinski definition) is 5. The average molecular weight is 234 g/mol. The summed E-state index contributed by atoms with van der Waals surface area (Å²) in [5.74, 6) is -0.675. The highest BCUT2D eigenvalue weighted by molar-refractivity contribution is 7.91. The molecule has 0 spiro atoms. The predicted molar refractivity (Wildman–Crippen MR) is 53.9 cm³/mol. The number of imide groups is 1. The molecule has 0 bridgehead atoms. The lowest BCUT2D eigenvalue weighted by Crippen LogP contribution is -2.52. The van der Waals surface area contributed by atoms with E-state index in [1.807, 2.05) is 0 Å². The Balaban J connectivity index is 2.46.